The van der Waals surface area contributed by atoms with Crippen molar-refractivity contribution in [1.29, 1.82) is 0 Å². The third kappa shape index (κ3) is 5.30. The molecule has 0 aliphatic carbocycles. The Morgan fingerprint density at radius 1 is 1.30 bits per heavy atom. The van der Waals surface area contributed by atoms with E-state index in [1.807, 2.05) is 6.92 Å². The van der Waals surface area contributed by atoms with Crippen LogP contribution in [0.25, 0.3) is 0 Å². The summed E-state index contributed by atoms with van der Waals surface area (Å²) in [5.41, 5.74) is 3.40. The van der Waals surface area contributed by atoms with E-state index in [1.165, 1.54) is 0 Å². The zero-order chi connectivity index (χ0) is 15.0. The van der Waals surface area contributed by atoms with Crippen molar-refractivity contribution in [1.82, 2.24) is 5.43 Å². The summed E-state index contributed by atoms with van der Waals surface area (Å²) in [6, 6.07) is 7.05. The molecule has 1 aromatic rings. The highest BCUT2D eigenvalue weighted by Crippen LogP contribution is 2.16. The Bertz CT molecular complexity index is 455. The molecule has 0 bridgehead atoms. The number of nitrogens with zero attached hydrogens (tertiary/aromatic N) is 1. The van der Waals surface area contributed by atoms with Crippen molar-refractivity contribution in [2.24, 2.45) is 11.0 Å². The molecule has 0 saturated heterocycles. The van der Waals surface area contributed by atoms with E-state index in [4.69, 9.17) is 9.47 Å². The SMILES string of the molecule is CC[C@@H](C)/C(C)=N\NC(=O)COc1ccc(OC)cc1. The van der Waals surface area contributed by atoms with Gasteiger partial charge in [0.1, 0.15) is 11.5 Å². The maximum atomic E-state index is 11.6. The topological polar surface area (TPSA) is 59.9 Å². The van der Waals surface area contributed by atoms with Gasteiger partial charge in [0.15, 0.2) is 6.61 Å². The second-order valence-electron chi connectivity index (χ2n) is 4.56. The van der Waals surface area contributed by atoms with Gasteiger partial charge in [0.2, 0.25) is 0 Å². The molecule has 0 heterocycles. The molecule has 1 N–H and O–H groups in total. The Hall–Kier alpha value is -2.04. The number of hydrogen-bond acceptors (Lipinski definition) is 4. The molecule has 0 aliphatic heterocycles. The van der Waals surface area contributed by atoms with Crippen molar-refractivity contribution in [3.63, 3.8) is 0 Å². The minimum atomic E-state index is -0.275. The van der Waals surface area contributed by atoms with E-state index in [-0.39, 0.29) is 12.5 Å². The van der Waals surface area contributed by atoms with Crippen molar-refractivity contribution in [2.45, 2.75) is 27.2 Å². The molecule has 20 heavy (non-hydrogen) atoms. The van der Waals surface area contributed by atoms with E-state index in [0.717, 1.165) is 17.9 Å². The molecule has 0 aromatic heterocycles. The summed E-state index contributed by atoms with van der Waals surface area (Å²) >= 11 is 0. The van der Waals surface area contributed by atoms with Crippen molar-refractivity contribution < 1.29 is 14.3 Å². The Morgan fingerprint density at radius 2 is 1.90 bits per heavy atom. The summed E-state index contributed by atoms with van der Waals surface area (Å²) in [6.45, 7) is 5.99. The summed E-state index contributed by atoms with van der Waals surface area (Å²) in [7, 11) is 1.60. The van der Waals surface area contributed by atoms with Gasteiger partial charge in [-0.25, -0.2) is 5.43 Å². The third-order valence-corrected chi connectivity index (χ3v) is 3.11. The quantitative estimate of drug-likeness (QED) is 0.616. The molecule has 110 valence electrons. The van der Waals surface area contributed by atoms with Crippen molar-refractivity contribution in [3.05, 3.63) is 24.3 Å². The van der Waals surface area contributed by atoms with Crippen molar-refractivity contribution in [2.75, 3.05) is 13.7 Å². The van der Waals surface area contributed by atoms with Crippen LogP contribution in [0.15, 0.2) is 29.4 Å². The van der Waals surface area contributed by atoms with E-state index in [2.05, 4.69) is 24.4 Å². The molecular weight excluding hydrogens is 256 g/mol. The molecule has 0 fully saturated rings. The van der Waals surface area contributed by atoms with Crippen LogP contribution in [0.5, 0.6) is 11.5 Å². The molecule has 0 unspecified atom stereocenters. The molecule has 1 rings (SSSR count). The monoisotopic (exact) mass is 278 g/mol. The van der Waals surface area contributed by atoms with E-state index < -0.39 is 0 Å². The van der Waals surface area contributed by atoms with Crippen molar-refractivity contribution in [3.8, 4) is 11.5 Å². The number of hydrogen-bond donors (Lipinski definition) is 1. The lowest BCUT2D eigenvalue weighted by Gasteiger charge is -2.09. The van der Waals surface area contributed by atoms with Crippen LogP contribution in [0.2, 0.25) is 0 Å². The van der Waals surface area contributed by atoms with Gasteiger partial charge in [0.25, 0.3) is 5.91 Å². The molecule has 5 nitrogen and oxygen atoms in total. The van der Waals surface area contributed by atoms with E-state index in [0.29, 0.717) is 11.7 Å². The Balaban J connectivity index is 2.39. The smallest absolute Gasteiger partial charge is 0.277 e. The van der Waals surface area contributed by atoms with Crippen LogP contribution in [0.1, 0.15) is 27.2 Å². The van der Waals surface area contributed by atoms with Gasteiger partial charge >= 0.3 is 0 Å². The highest BCUT2D eigenvalue weighted by atomic mass is 16.5. The number of methoxy groups -OCH3 is 1. The summed E-state index contributed by atoms with van der Waals surface area (Å²) in [5.74, 6) is 1.44. The lowest BCUT2D eigenvalue weighted by atomic mass is 10.1. The summed E-state index contributed by atoms with van der Waals surface area (Å²) in [4.78, 5) is 11.6. The van der Waals surface area contributed by atoms with E-state index in [9.17, 15) is 4.79 Å². The number of rotatable bonds is 7. The van der Waals surface area contributed by atoms with Gasteiger partial charge in [-0.1, -0.05) is 13.8 Å². The molecule has 0 radical (unpaired) electrons. The molecule has 1 amide bonds. The first-order chi connectivity index (χ1) is 9.56. The highest BCUT2D eigenvalue weighted by molar-refractivity contribution is 5.86. The minimum Gasteiger partial charge on any atom is -0.497 e. The van der Waals surface area contributed by atoms with Crippen LogP contribution in [-0.4, -0.2) is 25.3 Å². The first kappa shape index (κ1) is 16.0. The molecule has 1 aromatic carbocycles. The highest BCUT2D eigenvalue weighted by Gasteiger charge is 2.05. The summed E-state index contributed by atoms with van der Waals surface area (Å²) < 4.78 is 10.4. The number of benzene rings is 1. The van der Waals surface area contributed by atoms with E-state index in [1.54, 1.807) is 31.4 Å². The average Bonchev–Trinajstić information content (AvgIpc) is 2.50. The van der Waals surface area contributed by atoms with Crippen LogP contribution in [0.4, 0.5) is 0 Å². The minimum absolute atomic E-state index is 0.0659. The Labute approximate surface area is 120 Å². The second kappa shape index (κ2) is 8.19. The van der Waals surface area contributed by atoms with Gasteiger partial charge < -0.3 is 9.47 Å². The van der Waals surface area contributed by atoms with Crippen LogP contribution in [-0.2, 0) is 4.79 Å². The van der Waals surface area contributed by atoms with Gasteiger partial charge in [-0.2, -0.15) is 5.10 Å². The fraction of sp³-hybridized carbons (Fsp3) is 0.467. The van der Waals surface area contributed by atoms with Gasteiger partial charge in [-0.15, -0.1) is 0 Å². The fourth-order valence-electron chi connectivity index (χ4n) is 1.41. The van der Waals surface area contributed by atoms with E-state index >= 15 is 0 Å². The molecule has 0 spiro atoms. The number of hydrazone groups is 1. The fourth-order valence-corrected chi connectivity index (χ4v) is 1.41. The molecule has 0 saturated carbocycles. The predicted octanol–water partition coefficient (Wildman–Crippen LogP) is 2.61. The van der Waals surface area contributed by atoms with Gasteiger partial charge in [-0.3, -0.25) is 4.79 Å². The summed E-state index contributed by atoms with van der Waals surface area (Å²) in [6.07, 6.45) is 0.994. The van der Waals surface area contributed by atoms with Gasteiger partial charge in [-0.05, 0) is 43.5 Å². The number of amides is 1. The maximum absolute atomic E-state index is 11.6. The Kier molecular flexibility index (Phi) is 6.56. The first-order valence-corrected chi connectivity index (χ1v) is 6.66. The number of carbonyl (C=O) groups is 1. The standard InChI is InChI=1S/C15H22N2O3/c1-5-11(2)12(3)16-17-15(18)10-20-14-8-6-13(19-4)7-9-14/h6-9,11H,5,10H2,1-4H3,(H,17,18)/b16-12-/t11-/m1/s1. The average molecular weight is 278 g/mol. The van der Waals surface area contributed by atoms with Crippen LogP contribution in [0, 0.1) is 5.92 Å². The number of nitrogens with one attached hydrogen (secondary N) is 1. The predicted molar refractivity (Wildman–Crippen MR) is 79.2 cm³/mol. The van der Waals surface area contributed by atoms with Crippen molar-refractivity contribution >= 4 is 11.6 Å². The van der Waals surface area contributed by atoms with Crippen LogP contribution >= 0.6 is 0 Å². The zero-order valence-corrected chi connectivity index (χ0v) is 12.5. The molecular formula is C15H22N2O3. The molecule has 5 heteroatoms. The maximum Gasteiger partial charge on any atom is 0.277 e. The van der Waals surface area contributed by atoms with Gasteiger partial charge in [0.05, 0.1) is 7.11 Å². The lowest BCUT2D eigenvalue weighted by Crippen LogP contribution is -2.26. The number of ether oxygens (including phenoxy) is 2. The van der Waals surface area contributed by atoms with Gasteiger partial charge in [0, 0.05) is 5.71 Å². The zero-order valence-electron chi connectivity index (χ0n) is 12.5. The third-order valence-electron chi connectivity index (χ3n) is 3.11. The molecule has 1 atom stereocenters. The lowest BCUT2D eigenvalue weighted by molar-refractivity contribution is -0.123. The second-order valence-corrected chi connectivity index (χ2v) is 4.56. The van der Waals surface area contributed by atoms with Crippen LogP contribution < -0.4 is 14.9 Å². The number of carbonyl (C=O) groups excluding carboxylic acids is 1. The largest absolute Gasteiger partial charge is 0.497 e. The molecule has 0 aliphatic rings. The first-order valence-electron chi connectivity index (χ1n) is 6.66. The normalized spacial score (nSPS) is 12.7. The summed E-state index contributed by atoms with van der Waals surface area (Å²) in [5, 5.41) is 4.05. The Morgan fingerprint density at radius 3 is 2.45 bits per heavy atom. The van der Waals surface area contributed by atoms with Crippen LogP contribution in [0.3, 0.4) is 0 Å².